The Labute approximate surface area is 233 Å². The van der Waals surface area contributed by atoms with Gasteiger partial charge < -0.3 is 15.2 Å². The first-order valence-corrected chi connectivity index (χ1v) is 14.9. The lowest BCUT2D eigenvalue weighted by Crippen LogP contribution is -2.44. The van der Waals surface area contributed by atoms with Crippen molar-refractivity contribution < 1.29 is 9.59 Å². The van der Waals surface area contributed by atoms with Gasteiger partial charge in [-0.3, -0.25) is 14.5 Å². The summed E-state index contributed by atoms with van der Waals surface area (Å²) in [5, 5.41) is 7.24. The number of para-hydroxylation sites is 1. The number of hydrogen-bond acceptors (Lipinski definition) is 5. The van der Waals surface area contributed by atoms with Crippen molar-refractivity contribution in [1.29, 1.82) is 0 Å². The summed E-state index contributed by atoms with van der Waals surface area (Å²) in [7, 11) is 0. The number of likely N-dealkylation sites (tertiary alicyclic amines) is 2. The number of aromatic nitrogens is 2. The highest BCUT2D eigenvalue weighted by molar-refractivity contribution is 7.09. The number of rotatable bonds is 7. The average Bonchev–Trinajstić information content (AvgIpc) is 3.63. The van der Waals surface area contributed by atoms with Gasteiger partial charge in [-0.2, -0.15) is 0 Å². The van der Waals surface area contributed by atoms with Crippen molar-refractivity contribution in [3.8, 4) is 0 Å². The molecule has 4 aromatic rings. The molecule has 4 heterocycles. The molecule has 0 radical (unpaired) electrons. The first-order valence-electron chi connectivity index (χ1n) is 14.0. The molecule has 39 heavy (non-hydrogen) atoms. The topological polar surface area (TPSA) is 81.3 Å². The molecule has 202 valence electrons. The van der Waals surface area contributed by atoms with Crippen LogP contribution in [0, 0.1) is 0 Å². The van der Waals surface area contributed by atoms with Gasteiger partial charge in [-0.1, -0.05) is 48.5 Å². The summed E-state index contributed by atoms with van der Waals surface area (Å²) in [6.07, 6.45) is 6.05. The Bertz CT molecular complexity index is 1420. The van der Waals surface area contributed by atoms with E-state index in [9.17, 15) is 9.59 Å². The van der Waals surface area contributed by atoms with E-state index in [1.165, 1.54) is 5.56 Å². The first-order chi connectivity index (χ1) is 19.1. The second-order valence-corrected chi connectivity index (χ2v) is 11.7. The van der Waals surface area contributed by atoms with Crippen molar-refractivity contribution >= 4 is 34.1 Å². The highest BCUT2D eigenvalue weighted by atomic mass is 32.1. The molecule has 0 aliphatic carbocycles. The van der Waals surface area contributed by atoms with Crippen molar-refractivity contribution in [3.05, 3.63) is 88.0 Å². The van der Waals surface area contributed by atoms with Gasteiger partial charge in [0.25, 0.3) is 5.91 Å². The third-order valence-corrected chi connectivity index (χ3v) is 9.15. The number of nitrogens with one attached hydrogen (secondary N) is 2. The Hall–Kier alpha value is -3.49. The first kappa shape index (κ1) is 25.8. The van der Waals surface area contributed by atoms with Crippen LogP contribution in [0.2, 0.25) is 0 Å². The number of hydrogen-bond donors (Lipinski definition) is 2. The summed E-state index contributed by atoms with van der Waals surface area (Å²) in [6, 6.07) is 18.8. The maximum atomic E-state index is 13.0. The summed E-state index contributed by atoms with van der Waals surface area (Å²) in [5.41, 5.74) is 3.98. The molecular weight excluding hydrogens is 506 g/mol. The zero-order valence-electron chi connectivity index (χ0n) is 22.1. The number of piperidine rings is 2. The van der Waals surface area contributed by atoms with Crippen LogP contribution in [0.3, 0.4) is 0 Å². The van der Waals surface area contributed by atoms with Gasteiger partial charge in [0.15, 0.2) is 0 Å². The van der Waals surface area contributed by atoms with Crippen LogP contribution in [0.5, 0.6) is 0 Å². The van der Waals surface area contributed by atoms with Crippen LogP contribution in [0.15, 0.2) is 66.2 Å². The minimum absolute atomic E-state index is 0.0645. The smallest absolute Gasteiger partial charge is 0.270 e. The Balaban J connectivity index is 0.961. The lowest BCUT2D eigenvalue weighted by Gasteiger charge is -2.32. The average molecular weight is 542 g/mol. The Kier molecular flexibility index (Phi) is 7.74. The Morgan fingerprint density at radius 2 is 1.69 bits per heavy atom. The van der Waals surface area contributed by atoms with Crippen LogP contribution in [-0.4, -0.2) is 63.8 Å². The fourth-order valence-corrected chi connectivity index (χ4v) is 6.82. The normalized spacial score (nSPS) is 17.5. The molecule has 0 unspecified atom stereocenters. The lowest BCUT2D eigenvalue weighted by atomic mass is 9.97. The maximum absolute atomic E-state index is 13.0. The van der Waals surface area contributed by atoms with Crippen molar-refractivity contribution in [2.45, 2.75) is 50.6 Å². The molecule has 2 aromatic carbocycles. The standard InChI is InChI=1S/C31H35N5O2S/c37-29(18-24-19-32-27-9-5-4-8-26(24)27)36-16-10-23(11-17-36)31-34-28(21-39-31)30(38)33-25-12-14-35(15-13-25)20-22-6-2-1-3-7-22/h1-9,19,21,23,25,32H,10-18,20H2,(H,33,38). The molecule has 0 saturated carbocycles. The second-order valence-electron chi connectivity index (χ2n) is 10.8. The molecule has 0 atom stereocenters. The van der Waals surface area contributed by atoms with Gasteiger partial charge in [-0.25, -0.2) is 4.98 Å². The van der Waals surface area contributed by atoms with Crippen molar-refractivity contribution in [1.82, 2.24) is 25.1 Å². The quantitative estimate of drug-likeness (QED) is 0.346. The number of nitrogens with zero attached hydrogens (tertiary/aromatic N) is 3. The number of carbonyl (C=O) groups is 2. The molecule has 2 N–H and O–H groups in total. The lowest BCUT2D eigenvalue weighted by molar-refractivity contribution is -0.131. The van der Waals surface area contributed by atoms with Gasteiger partial charge in [0.05, 0.1) is 11.4 Å². The summed E-state index contributed by atoms with van der Waals surface area (Å²) >= 11 is 1.58. The minimum Gasteiger partial charge on any atom is -0.361 e. The number of H-pyrrole nitrogens is 1. The number of amides is 2. The highest BCUT2D eigenvalue weighted by Gasteiger charge is 2.27. The second kappa shape index (κ2) is 11.7. The van der Waals surface area contributed by atoms with Crippen LogP contribution < -0.4 is 5.32 Å². The van der Waals surface area contributed by atoms with E-state index in [2.05, 4.69) is 45.5 Å². The van der Waals surface area contributed by atoms with Crippen molar-refractivity contribution in [3.63, 3.8) is 0 Å². The number of carbonyl (C=O) groups excluding carboxylic acids is 2. The van der Waals surface area contributed by atoms with Gasteiger partial charge in [-0.15, -0.1) is 11.3 Å². The molecule has 7 nitrogen and oxygen atoms in total. The van der Waals surface area contributed by atoms with E-state index >= 15 is 0 Å². The third-order valence-electron chi connectivity index (χ3n) is 8.14. The van der Waals surface area contributed by atoms with E-state index in [4.69, 9.17) is 4.98 Å². The molecule has 6 rings (SSSR count). The molecule has 2 aliphatic rings. The summed E-state index contributed by atoms with van der Waals surface area (Å²) in [5.74, 6) is 0.410. The molecule has 0 bridgehead atoms. The molecule has 8 heteroatoms. The van der Waals surface area contributed by atoms with E-state index in [-0.39, 0.29) is 17.9 Å². The van der Waals surface area contributed by atoms with Crippen LogP contribution in [0.4, 0.5) is 0 Å². The maximum Gasteiger partial charge on any atom is 0.270 e. The molecule has 2 aromatic heterocycles. The molecule has 2 fully saturated rings. The van der Waals surface area contributed by atoms with E-state index in [1.807, 2.05) is 40.7 Å². The minimum atomic E-state index is -0.0645. The number of thiazole rings is 1. The van der Waals surface area contributed by atoms with E-state index in [1.54, 1.807) is 11.3 Å². The van der Waals surface area contributed by atoms with E-state index in [0.717, 1.165) is 79.9 Å². The number of aromatic amines is 1. The number of fused-ring (bicyclic) bond motifs is 1. The van der Waals surface area contributed by atoms with E-state index < -0.39 is 0 Å². The monoisotopic (exact) mass is 541 g/mol. The van der Waals surface area contributed by atoms with Crippen LogP contribution in [0.1, 0.15) is 58.2 Å². The predicted octanol–water partition coefficient (Wildman–Crippen LogP) is 4.97. The Morgan fingerprint density at radius 3 is 2.49 bits per heavy atom. The molecule has 2 aliphatic heterocycles. The molecular formula is C31H35N5O2S. The zero-order valence-corrected chi connectivity index (χ0v) is 23.0. The van der Waals surface area contributed by atoms with Gasteiger partial charge in [-0.05, 0) is 42.9 Å². The van der Waals surface area contributed by atoms with Crippen LogP contribution in [-0.2, 0) is 17.8 Å². The van der Waals surface area contributed by atoms with Gasteiger partial charge >= 0.3 is 0 Å². The SMILES string of the molecule is O=C(NC1CCN(Cc2ccccc2)CC1)c1csc(C2CCN(C(=O)Cc3c[nH]c4ccccc34)CC2)n1. The summed E-state index contributed by atoms with van der Waals surface area (Å²) < 4.78 is 0. The van der Waals surface area contributed by atoms with Crippen molar-refractivity contribution in [2.24, 2.45) is 0 Å². The van der Waals surface area contributed by atoms with Gasteiger partial charge in [0.1, 0.15) is 5.69 Å². The Morgan fingerprint density at radius 1 is 0.949 bits per heavy atom. The van der Waals surface area contributed by atoms with Crippen molar-refractivity contribution in [2.75, 3.05) is 26.2 Å². The largest absolute Gasteiger partial charge is 0.361 e. The third kappa shape index (κ3) is 6.07. The fourth-order valence-electron chi connectivity index (χ4n) is 5.84. The molecule has 2 saturated heterocycles. The highest BCUT2D eigenvalue weighted by Crippen LogP contribution is 2.31. The van der Waals surface area contributed by atoms with Crippen LogP contribution >= 0.6 is 11.3 Å². The van der Waals surface area contributed by atoms with Gasteiger partial charge in [0.2, 0.25) is 5.91 Å². The molecule has 0 spiro atoms. The molecule has 2 amide bonds. The van der Waals surface area contributed by atoms with E-state index in [0.29, 0.717) is 18.0 Å². The summed E-state index contributed by atoms with van der Waals surface area (Å²) in [6.45, 7) is 4.40. The van der Waals surface area contributed by atoms with Crippen LogP contribution in [0.25, 0.3) is 10.9 Å². The zero-order chi connectivity index (χ0) is 26.6. The fraction of sp³-hybridized carbons (Fsp3) is 0.387. The summed E-state index contributed by atoms with van der Waals surface area (Å²) in [4.78, 5) is 38.3. The van der Waals surface area contributed by atoms with Gasteiger partial charge in [0, 0.05) is 67.2 Å². The predicted molar refractivity (Wildman–Crippen MR) is 155 cm³/mol. The number of benzene rings is 2.